The van der Waals surface area contributed by atoms with Crippen LogP contribution in [-0.2, 0) is 22.4 Å². The number of aryl methyl sites for hydroxylation is 2. The summed E-state index contributed by atoms with van der Waals surface area (Å²) >= 11 is 1.83. The predicted octanol–water partition coefficient (Wildman–Crippen LogP) is 3.01. The fraction of sp³-hybridized carbons (Fsp3) is 0.632. The van der Waals surface area contributed by atoms with Crippen LogP contribution >= 0.6 is 11.3 Å². The largest absolute Gasteiger partial charge is 0.384 e. The fourth-order valence-electron chi connectivity index (χ4n) is 4.01. The molecule has 140 valence electrons. The molecule has 1 N–H and O–H groups in total. The lowest BCUT2D eigenvalue weighted by molar-refractivity contribution is -0.133. The lowest BCUT2D eigenvalue weighted by Gasteiger charge is -2.32. The number of amides is 1. The first kappa shape index (κ1) is 17.7. The van der Waals surface area contributed by atoms with Gasteiger partial charge in [-0.1, -0.05) is 0 Å². The van der Waals surface area contributed by atoms with Gasteiger partial charge in [-0.05, 0) is 44.1 Å². The van der Waals surface area contributed by atoms with E-state index < -0.39 is 0 Å². The topological polar surface area (TPSA) is 67.3 Å². The number of likely N-dealkylation sites (tertiary alicyclic amines) is 1. The van der Waals surface area contributed by atoms with Crippen molar-refractivity contribution in [1.82, 2.24) is 14.9 Å². The summed E-state index contributed by atoms with van der Waals surface area (Å²) in [5.74, 6) is 1.18. The molecular formula is C19H26N4O2S. The summed E-state index contributed by atoms with van der Waals surface area (Å²) in [6.07, 6.45) is 8.92. The number of methoxy groups -OCH3 is 1. The average molecular weight is 375 g/mol. The zero-order valence-electron chi connectivity index (χ0n) is 15.3. The lowest BCUT2D eigenvalue weighted by atomic mass is 9.96. The molecule has 1 aliphatic carbocycles. The Hall–Kier alpha value is -1.73. The van der Waals surface area contributed by atoms with Gasteiger partial charge < -0.3 is 15.0 Å². The summed E-state index contributed by atoms with van der Waals surface area (Å²) in [4.78, 5) is 25.8. The van der Waals surface area contributed by atoms with E-state index in [0.717, 1.165) is 43.0 Å². The van der Waals surface area contributed by atoms with E-state index in [1.165, 1.54) is 35.1 Å². The number of nitrogens with one attached hydrogen (secondary N) is 1. The number of hydrogen-bond donors (Lipinski definition) is 1. The van der Waals surface area contributed by atoms with Crippen molar-refractivity contribution in [3.8, 4) is 0 Å². The molecule has 0 spiro atoms. The molecule has 1 amide bonds. The van der Waals surface area contributed by atoms with Gasteiger partial charge in [-0.3, -0.25) is 4.79 Å². The third kappa shape index (κ3) is 3.55. The number of aromatic nitrogens is 2. The monoisotopic (exact) mass is 374 g/mol. The highest BCUT2D eigenvalue weighted by atomic mass is 32.1. The summed E-state index contributed by atoms with van der Waals surface area (Å²) in [6.45, 7) is 2.10. The van der Waals surface area contributed by atoms with E-state index in [-0.39, 0.29) is 5.91 Å². The van der Waals surface area contributed by atoms with Crippen LogP contribution in [0.15, 0.2) is 6.33 Å². The van der Waals surface area contributed by atoms with Gasteiger partial charge in [0.05, 0.1) is 18.4 Å². The number of ether oxygens (including phenoxy) is 1. The van der Waals surface area contributed by atoms with Gasteiger partial charge in [-0.2, -0.15) is 0 Å². The fourth-order valence-corrected chi connectivity index (χ4v) is 5.24. The molecule has 0 saturated carbocycles. The van der Waals surface area contributed by atoms with Crippen LogP contribution in [0.4, 0.5) is 5.82 Å². The smallest absolute Gasteiger partial charge is 0.224 e. The van der Waals surface area contributed by atoms with Crippen molar-refractivity contribution < 1.29 is 9.53 Å². The first-order valence-electron chi connectivity index (χ1n) is 9.54. The van der Waals surface area contributed by atoms with Crippen LogP contribution in [-0.4, -0.2) is 53.6 Å². The zero-order chi connectivity index (χ0) is 17.9. The molecule has 2 aromatic heterocycles. The maximum absolute atomic E-state index is 12.1. The average Bonchev–Trinajstić information content (AvgIpc) is 3.06. The molecule has 1 aliphatic heterocycles. The number of carbonyl (C=O) groups is 1. The van der Waals surface area contributed by atoms with Crippen LogP contribution in [0.2, 0.25) is 0 Å². The lowest BCUT2D eigenvalue weighted by Crippen LogP contribution is -2.42. The standard InChI is InChI=1S/C19H26N4O2S/c1-25-11-8-16(24)23-9-6-13(7-10-23)22-18-17-14-4-2-3-5-15(14)26-19(17)21-12-20-18/h12-13H,2-11H2,1H3,(H,20,21,22). The Bertz CT molecular complexity index is 783. The van der Waals surface area contributed by atoms with Crippen molar-refractivity contribution in [1.29, 1.82) is 0 Å². The van der Waals surface area contributed by atoms with Gasteiger partial charge in [0.15, 0.2) is 0 Å². The molecule has 4 rings (SSSR count). The van der Waals surface area contributed by atoms with Crippen molar-refractivity contribution in [3.05, 3.63) is 16.8 Å². The minimum Gasteiger partial charge on any atom is -0.384 e. The number of rotatable bonds is 5. The summed E-state index contributed by atoms with van der Waals surface area (Å²) in [6, 6.07) is 0.360. The summed E-state index contributed by atoms with van der Waals surface area (Å²) in [5.41, 5.74) is 1.46. The number of fused-ring (bicyclic) bond motifs is 3. The molecule has 0 radical (unpaired) electrons. The summed E-state index contributed by atoms with van der Waals surface area (Å²) in [5, 5.41) is 4.90. The van der Waals surface area contributed by atoms with E-state index >= 15 is 0 Å². The molecular weight excluding hydrogens is 348 g/mol. The molecule has 0 bridgehead atoms. The molecule has 2 aliphatic rings. The van der Waals surface area contributed by atoms with E-state index in [2.05, 4.69) is 15.3 Å². The van der Waals surface area contributed by atoms with Gasteiger partial charge in [0.2, 0.25) is 5.91 Å². The summed E-state index contributed by atoms with van der Waals surface area (Å²) in [7, 11) is 1.63. The first-order chi connectivity index (χ1) is 12.8. The van der Waals surface area contributed by atoms with Gasteiger partial charge in [0, 0.05) is 31.1 Å². The van der Waals surface area contributed by atoms with Crippen LogP contribution in [0.25, 0.3) is 10.2 Å². The van der Waals surface area contributed by atoms with E-state index in [1.54, 1.807) is 13.4 Å². The molecule has 6 nitrogen and oxygen atoms in total. The van der Waals surface area contributed by atoms with Crippen molar-refractivity contribution in [2.75, 3.05) is 32.1 Å². The Morgan fingerprint density at radius 1 is 1.31 bits per heavy atom. The van der Waals surface area contributed by atoms with E-state index in [4.69, 9.17) is 4.74 Å². The van der Waals surface area contributed by atoms with Gasteiger partial charge in [-0.15, -0.1) is 11.3 Å². The third-order valence-electron chi connectivity index (χ3n) is 5.46. The molecule has 1 saturated heterocycles. The van der Waals surface area contributed by atoms with Gasteiger partial charge in [-0.25, -0.2) is 9.97 Å². The Labute approximate surface area is 158 Å². The highest BCUT2D eigenvalue weighted by Gasteiger charge is 2.25. The second-order valence-electron chi connectivity index (χ2n) is 7.16. The predicted molar refractivity (Wildman–Crippen MR) is 104 cm³/mol. The Morgan fingerprint density at radius 3 is 2.92 bits per heavy atom. The van der Waals surface area contributed by atoms with Crippen LogP contribution in [0.3, 0.4) is 0 Å². The highest BCUT2D eigenvalue weighted by molar-refractivity contribution is 7.19. The third-order valence-corrected chi connectivity index (χ3v) is 6.66. The molecule has 2 aromatic rings. The van der Waals surface area contributed by atoms with E-state index in [0.29, 0.717) is 19.1 Å². The van der Waals surface area contributed by atoms with E-state index in [9.17, 15) is 4.79 Å². The molecule has 3 heterocycles. The number of nitrogens with zero attached hydrogens (tertiary/aromatic N) is 3. The number of thiophene rings is 1. The van der Waals surface area contributed by atoms with Crippen LogP contribution in [0, 0.1) is 0 Å². The Kier molecular flexibility index (Phi) is 5.36. The van der Waals surface area contributed by atoms with Gasteiger partial charge in [0.25, 0.3) is 0 Å². The first-order valence-corrected chi connectivity index (χ1v) is 10.4. The quantitative estimate of drug-likeness (QED) is 0.871. The molecule has 26 heavy (non-hydrogen) atoms. The minimum absolute atomic E-state index is 0.196. The molecule has 0 aromatic carbocycles. The van der Waals surface area contributed by atoms with Crippen molar-refractivity contribution >= 4 is 33.3 Å². The van der Waals surface area contributed by atoms with Crippen LogP contribution in [0.1, 0.15) is 42.5 Å². The molecule has 0 unspecified atom stereocenters. The van der Waals surface area contributed by atoms with Gasteiger partial charge in [0.1, 0.15) is 17.0 Å². The molecule has 1 fully saturated rings. The van der Waals surface area contributed by atoms with Crippen molar-refractivity contribution in [2.24, 2.45) is 0 Å². The van der Waals surface area contributed by atoms with E-state index in [1.807, 2.05) is 16.2 Å². The SMILES string of the molecule is COCCC(=O)N1CCC(Nc2ncnc3sc4c(c23)CCCC4)CC1. The minimum atomic E-state index is 0.196. The van der Waals surface area contributed by atoms with Crippen LogP contribution in [0.5, 0.6) is 0 Å². The molecule has 0 atom stereocenters. The van der Waals surface area contributed by atoms with Gasteiger partial charge >= 0.3 is 0 Å². The highest BCUT2D eigenvalue weighted by Crippen LogP contribution is 2.38. The number of carbonyl (C=O) groups excluding carboxylic acids is 1. The second-order valence-corrected chi connectivity index (χ2v) is 8.24. The summed E-state index contributed by atoms with van der Waals surface area (Å²) < 4.78 is 5.01. The normalized spacial score (nSPS) is 18.1. The second kappa shape index (κ2) is 7.88. The van der Waals surface area contributed by atoms with Crippen LogP contribution < -0.4 is 5.32 Å². The molecule has 7 heteroatoms. The van der Waals surface area contributed by atoms with Crippen molar-refractivity contribution in [2.45, 2.75) is 51.0 Å². The Morgan fingerprint density at radius 2 is 2.12 bits per heavy atom. The maximum Gasteiger partial charge on any atom is 0.224 e. The number of anilines is 1. The number of piperidine rings is 1. The maximum atomic E-state index is 12.1. The zero-order valence-corrected chi connectivity index (χ0v) is 16.1. The number of hydrogen-bond acceptors (Lipinski definition) is 6. The van der Waals surface area contributed by atoms with Crippen molar-refractivity contribution in [3.63, 3.8) is 0 Å². The Balaban J connectivity index is 1.44.